The van der Waals surface area contributed by atoms with E-state index in [0.29, 0.717) is 13.2 Å². The van der Waals surface area contributed by atoms with E-state index < -0.39 is 0 Å². The van der Waals surface area contributed by atoms with Gasteiger partial charge in [0.1, 0.15) is 13.2 Å². The molecule has 0 saturated heterocycles. The third-order valence-electron chi connectivity index (χ3n) is 3.17. The molecule has 0 aliphatic carbocycles. The summed E-state index contributed by atoms with van der Waals surface area (Å²) in [6, 6.07) is 10.0. The minimum atomic E-state index is 0.0252. The highest BCUT2D eigenvalue weighted by molar-refractivity contribution is 14.1. The monoisotopic (exact) mass is 542 g/mol. The van der Waals surface area contributed by atoms with E-state index in [1.165, 1.54) is 0 Å². The summed E-state index contributed by atoms with van der Waals surface area (Å²) >= 11 is 15.8. The van der Waals surface area contributed by atoms with Crippen LogP contribution in [-0.2, 0) is 0 Å². The molecule has 2 aromatic rings. The lowest BCUT2D eigenvalue weighted by atomic mass is 10.0. The van der Waals surface area contributed by atoms with E-state index in [4.69, 9.17) is 21.1 Å². The number of fused-ring (bicyclic) bond motifs is 1. The average Bonchev–Trinajstić information content (AvgIpc) is 2.48. The molecule has 1 heterocycles. The van der Waals surface area contributed by atoms with Gasteiger partial charge in [-0.1, -0.05) is 49.5 Å². The van der Waals surface area contributed by atoms with Gasteiger partial charge in [0.15, 0.2) is 11.5 Å². The zero-order valence-electron chi connectivity index (χ0n) is 10.7. The zero-order valence-corrected chi connectivity index (χ0v) is 16.8. The Bertz CT molecular complexity index is 694. The van der Waals surface area contributed by atoms with Gasteiger partial charge in [0, 0.05) is 8.04 Å². The minimum absolute atomic E-state index is 0.0252. The third kappa shape index (κ3) is 3.35. The Kier molecular flexibility index (Phi) is 5.03. The summed E-state index contributed by atoms with van der Waals surface area (Å²) in [5.74, 6) is 1.55. The Morgan fingerprint density at radius 3 is 2.43 bits per heavy atom. The summed E-state index contributed by atoms with van der Waals surface area (Å²) in [4.78, 5) is 0.0252. The van der Waals surface area contributed by atoms with Crippen molar-refractivity contribution in [2.75, 3.05) is 13.2 Å². The van der Waals surface area contributed by atoms with Gasteiger partial charge in [-0.05, 0) is 58.0 Å². The molecular formula is C15H10Br2ClIO2. The average molecular weight is 544 g/mol. The van der Waals surface area contributed by atoms with E-state index in [1.807, 2.05) is 24.3 Å². The molecule has 3 rings (SSSR count). The predicted molar refractivity (Wildman–Crippen MR) is 100 cm³/mol. The molecule has 0 radical (unpaired) electrons. The van der Waals surface area contributed by atoms with Crippen molar-refractivity contribution < 1.29 is 9.47 Å². The molecule has 0 spiro atoms. The Balaban J connectivity index is 2.00. The number of hydrogen-bond donors (Lipinski definition) is 0. The number of benzene rings is 2. The van der Waals surface area contributed by atoms with Gasteiger partial charge in [-0.2, -0.15) is 0 Å². The van der Waals surface area contributed by atoms with Gasteiger partial charge in [-0.25, -0.2) is 0 Å². The SMILES string of the molecule is Clc1cc(C(Br)c2cc3c(cc2Br)OCCO3)ccc1I. The molecule has 0 fully saturated rings. The maximum Gasteiger partial charge on any atom is 0.162 e. The third-order valence-corrected chi connectivity index (χ3v) is 6.45. The first-order valence-electron chi connectivity index (χ1n) is 6.24. The number of hydrogen-bond acceptors (Lipinski definition) is 2. The van der Waals surface area contributed by atoms with Crippen LogP contribution in [0.5, 0.6) is 11.5 Å². The topological polar surface area (TPSA) is 18.5 Å². The number of rotatable bonds is 2. The number of halogens is 4. The Morgan fingerprint density at radius 2 is 1.76 bits per heavy atom. The van der Waals surface area contributed by atoms with Crippen LogP contribution in [0.1, 0.15) is 16.0 Å². The second-order valence-corrected chi connectivity index (χ2v) is 7.89. The second kappa shape index (κ2) is 6.64. The molecule has 2 aromatic carbocycles. The van der Waals surface area contributed by atoms with E-state index in [-0.39, 0.29) is 4.83 Å². The van der Waals surface area contributed by atoms with Crippen molar-refractivity contribution in [2.45, 2.75) is 4.83 Å². The lowest BCUT2D eigenvalue weighted by molar-refractivity contribution is 0.171. The van der Waals surface area contributed by atoms with Crippen LogP contribution in [0.25, 0.3) is 0 Å². The van der Waals surface area contributed by atoms with Gasteiger partial charge in [0.2, 0.25) is 0 Å². The lowest BCUT2D eigenvalue weighted by Crippen LogP contribution is -2.15. The molecule has 1 unspecified atom stereocenters. The first-order valence-corrected chi connectivity index (χ1v) is 9.41. The fourth-order valence-corrected chi connectivity index (χ4v) is 4.17. The van der Waals surface area contributed by atoms with Gasteiger partial charge in [-0.3, -0.25) is 0 Å². The van der Waals surface area contributed by atoms with Crippen molar-refractivity contribution in [3.05, 3.63) is 54.5 Å². The summed E-state index contributed by atoms with van der Waals surface area (Å²) in [5, 5.41) is 0.756. The van der Waals surface area contributed by atoms with E-state index in [0.717, 1.165) is 35.7 Å². The van der Waals surface area contributed by atoms with E-state index in [2.05, 4.69) is 60.5 Å². The van der Waals surface area contributed by atoms with Crippen molar-refractivity contribution in [1.29, 1.82) is 0 Å². The zero-order chi connectivity index (χ0) is 15.0. The normalized spacial score (nSPS) is 14.9. The second-order valence-electron chi connectivity index (χ2n) is 4.55. The molecule has 0 saturated carbocycles. The summed E-state index contributed by atoms with van der Waals surface area (Å²) in [6.07, 6.45) is 0. The molecule has 1 aliphatic heterocycles. The number of alkyl halides is 1. The summed E-state index contributed by atoms with van der Waals surface area (Å²) in [6.45, 7) is 1.17. The van der Waals surface area contributed by atoms with E-state index >= 15 is 0 Å². The molecular weight excluding hydrogens is 534 g/mol. The highest BCUT2D eigenvalue weighted by Gasteiger charge is 2.20. The Labute approximate surface area is 158 Å². The van der Waals surface area contributed by atoms with Crippen LogP contribution < -0.4 is 9.47 Å². The molecule has 1 aliphatic rings. The van der Waals surface area contributed by atoms with Crippen LogP contribution in [0.15, 0.2) is 34.8 Å². The molecule has 21 heavy (non-hydrogen) atoms. The Morgan fingerprint density at radius 1 is 1.10 bits per heavy atom. The molecule has 110 valence electrons. The van der Waals surface area contributed by atoms with Gasteiger partial charge < -0.3 is 9.47 Å². The van der Waals surface area contributed by atoms with Gasteiger partial charge >= 0.3 is 0 Å². The maximum atomic E-state index is 6.22. The van der Waals surface area contributed by atoms with Gasteiger partial charge in [-0.15, -0.1) is 0 Å². The largest absolute Gasteiger partial charge is 0.486 e. The van der Waals surface area contributed by atoms with Gasteiger partial charge in [0.05, 0.1) is 9.85 Å². The van der Waals surface area contributed by atoms with Gasteiger partial charge in [0.25, 0.3) is 0 Å². The fourth-order valence-electron chi connectivity index (χ4n) is 2.12. The molecule has 0 N–H and O–H groups in total. The van der Waals surface area contributed by atoms with E-state index in [1.54, 1.807) is 0 Å². The minimum Gasteiger partial charge on any atom is -0.486 e. The first-order chi connectivity index (χ1) is 10.1. The standard InChI is InChI=1S/C15H10Br2ClIO2/c16-10-7-14-13(20-3-4-21-14)6-9(10)15(17)8-1-2-12(19)11(18)5-8/h1-2,5-7,15H,3-4H2. The predicted octanol–water partition coefficient (Wildman–Crippen LogP) is 5.96. The summed E-state index contributed by atoms with van der Waals surface area (Å²) in [5.41, 5.74) is 2.18. The van der Waals surface area contributed by atoms with Crippen molar-refractivity contribution in [3.8, 4) is 11.5 Å². The Hall–Kier alpha value is 0.0200. The van der Waals surface area contributed by atoms with Crippen LogP contribution in [0, 0.1) is 3.57 Å². The molecule has 0 amide bonds. The van der Waals surface area contributed by atoms with Crippen molar-refractivity contribution in [3.63, 3.8) is 0 Å². The van der Waals surface area contributed by atoms with Crippen LogP contribution in [0.4, 0.5) is 0 Å². The highest BCUT2D eigenvalue weighted by Crippen LogP contribution is 2.43. The van der Waals surface area contributed by atoms with Crippen molar-refractivity contribution in [1.82, 2.24) is 0 Å². The quantitative estimate of drug-likeness (QED) is 0.343. The maximum absolute atomic E-state index is 6.22. The smallest absolute Gasteiger partial charge is 0.162 e. The van der Waals surface area contributed by atoms with Crippen molar-refractivity contribution in [2.24, 2.45) is 0 Å². The van der Waals surface area contributed by atoms with Crippen LogP contribution in [0.2, 0.25) is 5.02 Å². The summed E-state index contributed by atoms with van der Waals surface area (Å²) in [7, 11) is 0. The molecule has 1 atom stereocenters. The van der Waals surface area contributed by atoms with Crippen LogP contribution in [0.3, 0.4) is 0 Å². The fraction of sp³-hybridized carbons (Fsp3) is 0.200. The number of ether oxygens (including phenoxy) is 2. The van der Waals surface area contributed by atoms with E-state index in [9.17, 15) is 0 Å². The summed E-state index contributed by atoms with van der Waals surface area (Å²) < 4.78 is 13.3. The highest BCUT2D eigenvalue weighted by atomic mass is 127. The molecule has 2 nitrogen and oxygen atoms in total. The molecule has 0 bridgehead atoms. The first kappa shape index (κ1) is 15.9. The van der Waals surface area contributed by atoms with Crippen molar-refractivity contribution >= 4 is 66.1 Å². The lowest BCUT2D eigenvalue weighted by Gasteiger charge is -2.21. The molecule has 6 heteroatoms. The van der Waals surface area contributed by atoms with Crippen LogP contribution >= 0.6 is 66.1 Å². The molecule has 0 aromatic heterocycles. The van der Waals surface area contributed by atoms with Crippen LogP contribution in [-0.4, -0.2) is 13.2 Å².